The molecule has 2 N–H and O–H groups in total. The molecule has 18 heavy (non-hydrogen) atoms. The van der Waals surface area contributed by atoms with Crippen LogP contribution in [0.3, 0.4) is 0 Å². The van der Waals surface area contributed by atoms with E-state index < -0.39 is 0 Å². The second-order valence-electron chi connectivity index (χ2n) is 4.59. The molecule has 1 aliphatic carbocycles. The maximum absolute atomic E-state index is 5.56. The summed E-state index contributed by atoms with van der Waals surface area (Å²) in [7, 11) is 1.97. The second-order valence-corrected chi connectivity index (χ2v) is 4.59. The first kappa shape index (κ1) is 11.2. The summed E-state index contributed by atoms with van der Waals surface area (Å²) in [6.07, 6.45) is 2.87. The molecule has 0 atom stereocenters. The summed E-state index contributed by atoms with van der Waals surface area (Å²) in [5.74, 6) is 0.746. The van der Waals surface area contributed by atoms with Gasteiger partial charge in [-0.3, -0.25) is 0 Å². The molecule has 2 aromatic rings. The molecular weight excluding hydrogens is 224 g/mol. The van der Waals surface area contributed by atoms with Crippen molar-refractivity contribution in [1.29, 1.82) is 0 Å². The molecule has 0 bridgehead atoms. The Morgan fingerprint density at radius 1 is 1.28 bits per heavy atom. The quantitative estimate of drug-likeness (QED) is 0.752. The van der Waals surface area contributed by atoms with Crippen LogP contribution in [-0.4, -0.2) is 30.1 Å². The van der Waals surface area contributed by atoms with E-state index in [1.54, 1.807) is 0 Å². The van der Waals surface area contributed by atoms with E-state index in [-0.39, 0.29) is 0 Å². The van der Waals surface area contributed by atoms with Crippen molar-refractivity contribution < 1.29 is 0 Å². The Bertz CT molecular complexity index is 580. The maximum Gasteiger partial charge on any atom is 0.225 e. The molecule has 1 aromatic heterocycles. The smallest absolute Gasteiger partial charge is 0.225 e. The van der Waals surface area contributed by atoms with E-state index >= 15 is 0 Å². The Balaban J connectivity index is 2.03. The van der Waals surface area contributed by atoms with Gasteiger partial charge in [-0.25, -0.2) is 9.97 Å². The highest BCUT2D eigenvalue weighted by Crippen LogP contribution is 2.34. The summed E-state index contributed by atoms with van der Waals surface area (Å²) in [5.41, 5.74) is 10.4. The van der Waals surface area contributed by atoms with Gasteiger partial charge in [-0.05, 0) is 5.56 Å². The maximum atomic E-state index is 5.56. The number of fused-ring (bicyclic) bond motifs is 3. The minimum atomic E-state index is 0.605. The SMILES string of the molecule is CN(CCN)c1ncc2c(n1)-c1ccccc1C2. The van der Waals surface area contributed by atoms with Crippen LogP contribution >= 0.6 is 0 Å². The van der Waals surface area contributed by atoms with Gasteiger partial charge in [-0.1, -0.05) is 24.3 Å². The second kappa shape index (κ2) is 4.38. The fourth-order valence-electron chi connectivity index (χ4n) is 2.35. The lowest BCUT2D eigenvalue weighted by Crippen LogP contribution is -2.26. The zero-order valence-electron chi connectivity index (χ0n) is 10.4. The molecule has 4 heteroatoms. The Morgan fingerprint density at radius 3 is 2.94 bits per heavy atom. The zero-order chi connectivity index (χ0) is 12.5. The predicted octanol–water partition coefficient (Wildman–Crippen LogP) is 1.44. The average Bonchev–Trinajstić information content (AvgIpc) is 2.76. The molecule has 0 radical (unpaired) electrons. The normalized spacial score (nSPS) is 12.1. The van der Waals surface area contributed by atoms with E-state index in [2.05, 4.69) is 34.2 Å². The van der Waals surface area contributed by atoms with Crippen LogP contribution in [0.4, 0.5) is 5.95 Å². The number of likely N-dealkylation sites (N-methyl/N-ethyl adjacent to an activating group) is 1. The van der Waals surface area contributed by atoms with E-state index in [1.807, 2.05) is 18.1 Å². The Hall–Kier alpha value is -1.94. The third kappa shape index (κ3) is 1.75. The van der Waals surface area contributed by atoms with Crippen LogP contribution in [0.15, 0.2) is 30.5 Å². The summed E-state index contributed by atoms with van der Waals surface area (Å²) < 4.78 is 0. The highest BCUT2D eigenvalue weighted by atomic mass is 15.2. The first-order chi connectivity index (χ1) is 8.79. The van der Waals surface area contributed by atoms with E-state index in [0.717, 1.165) is 24.6 Å². The van der Waals surface area contributed by atoms with Crippen LogP contribution in [0, 0.1) is 0 Å². The molecule has 1 aromatic carbocycles. The molecular formula is C14H16N4. The van der Waals surface area contributed by atoms with Gasteiger partial charge in [0, 0.05) is 43.9 Å². The predicted molar refractivity (Wildman–Crippen MR) is 72.6 cm³/mol. The fourth-order valence-corrected chi connectivity index (χ4v) is 2.35. The van der Waals surface area contributed by atoms with Gasteiger partial charge in [0.2, 0.25) is 5.95 Å². The highest BCUT2D eigenvalue weighted by Gasteiger charge is 2.20. The molecule has 1 heterocycles. The van der Waals surface area contributed by atoms with Crippen molar-refractivity contribution in [2.24, 2.45) is 5.73 Å². The van der Waals surface area contributed by atoms with Crippen molar-refractivity contribution in [3.63, 3.8) is 0 Å². The standard InChI is InChI=1S/C14H16N4/c1-18(7-6-15)14-16-9-11-8-10-4-2-3-5-12(10)13(11)17-14/h2-5,9H,6-8,15H2,1H3. The minimum Gasteiger partial charge on any atom is -0.343 e. The molecule has 4 nitrogen and oxygen atoms in total. The molecule has 0 fully saturated rings. The molecule has 3 rings (SSSR count). The van der Waals surface area contributed by atoms with Crippen LogP contribution in [-0.2, 0) is 6.42 Å². The van der Waals surface area contributed by atoms with Gasteiger partial charge >= 0.3 is 0 Å². The first-order valence-electron chi connectivity index (χ1n) is 6.15. The van der Waals surface area contributed by atoms with Crippen LogP contribution in [0.5, 0.6) is 0 Å². The molecule has 0 saturated carbocycles. The van der Waals surface area contributed by atoms with Crippen LogP contribution < -0.4 is 10.6 Å². The van der Waals surface area contributed by atoms with Gasteiger partial charge in [-0.15, -0.1) is 0 Å². The third-order valence-electron chi connectivity index (χ3n) is 3.31. The summed E-state index contributed by atoms with van der Waals surface area (Å²) in [4.78, 5) is 11.1. The molecule has 0 amide bonds. The Labute approximate surface area is 106 Å². The van der Waals surface area contributed by atoms with Crippen molar-refractivity contribution in [3.8, 4) is 11.3 Å². The topological polar surface area (TPSA) is 55.0 Å². The Morgan fingerprint density at radius 2 is 2.11 bits per heavy atom. The number of rotatable bonds is 3. The van der Waals surface area contributed by atoms with Crippen molar-refractivity contribution in [1.82, 2.24) is 9.97 Å². The zero-order valence-corrected chi connectivity index (χ0v) is 10.4. The van der Waals surface area contributed by atoms with E-state index in [1.165, 1.54) is 16.7 Å². The molecule has 0 saturated heterocycles. The lowest BCUT2D eigenvalue weighted by molar-refractivity contribution is 0.845. The number of nitrogens with zero attached hydrogens (tertiary/aromatic N) is 3. The van der Waals surface area contributed by atoms with Crippen molar-refractivity contribution in [2.75, 3.05) is 25.0 Å². The fraction of sp³-hybridized carbons (Fsp3) is 0.286. The number of benzene rings is 1. The number of hydrogen-bond acceptors (Lipinski definition) is 4. The van der Waals surface area contributed by atoms with Crippen LogP contribution in [0.25, 0.3) is 11.3 Å². The van der Waals surface area contributed by atoms with Gasteiger partial charge in [0.25, 0.3) is 0 Å². The van der Waals surface area contributed by atoms with Crippen molar-refractivity contribution >= 4 is 5.95 Å². The van der Waals surface area contributed by atoms with Gasteiger partial charge in [0.15, 0.2) is 0 Å². The highest BCUT2D eigenvalue weighted by molar-refractivity contribution is 5.73. The van der Waals surface area contributed by atoms with E-state index in [4.69, 9.17) is 5.73 Å². The average molecular weight is 240 g/mol. The molecule has 0 aliphatic heterocycles. The molecule has 0 spiro atoms. The van der Waals surface area contributed by atoms with Gasteiger partial charge in [0.1, 0.15) is 0 Å². The number of aromatic nitrogens is 2. The summed E-state index contributed by atoms with van der Waals surface area (Å²) in [6.45, 7) is 1.37. The van der Waals surface area contributed by atoms with Gasteiger partial charge < -0.3 is 10.6 Å². The first-order valence-corrected chi connectivity index (χ1v) is 6.15. The van der Waals surface area contributed by atoms with Crippen LogP contribution in [0.1, 0.15) is 11.1 Å². The van der Waals surface area contributed by atoms with Gasteiger partial charge in [-0.2, -0.15) is 0 Å². The third-order valence-corrected chi connectivity index (χ3v) is 3.31. The monoisotopic (exact) mass is 240 g/mol. The largest absolute Gasteiger partial charge is 0.343 e. The molecule has 0 unspecified atom stereocenters. The molecule has 92 valence electrons. The van der Waals surface area contributed by atoms with Crippen LogP contribution in [0.2, 0.25) is 0 Å². The van der Waals surface area contributed by atoms with Crippen molar-refractivity contribution in [3.05, 3.63) is 41.6 Å². The number of anilines is 1. The van der Waals surface area contributed by atoms with Gasteiger partial charge in [0.05, 0.1) is 5.69 Å². The lowest BCUT2D eigenvalue weighted by atomic mass is 10.1. The van der Waals surface area contributed by atoms with E-state index in [9.17, 15) is 0 Å². The summed E-state index contributed by atoms with van der Waals surface area (Å²) in [6, 6.07) is 8.40. The lowest BCUT2D eigenvalue weighted by Gasteiger charge is -2.16. The Kier molecular flexibility index (Phi) is 2.72. The number of nitrogens with two attached hydrogens (primary N) is 1. The van der Waals surface area contributed by atoms with E-state index in [0.29, 0.717) is 6.54 Å². The number of hydrogen-bond donors (Lipinski definition) is 1. The summed E-state index contributed by atoms with van der Waals surface area (Å²) in [5, 5.41) is 0. The van der Waals surface area contributed by atoms with Crippen molar-refractivity contribution in [2.45, 2.75) is 6.42 Å². The summed E-state index contributed by atoms with van der Waals surface area (Å²) >= 11 is 0. The molecule has 1 aliphatic rings. The minimum absolute atomic E-state index is 0.605.